The summed E-state index contributed by atoms with van der Waals surface area (Å²) in [7, 11) is 0. The minimum Gasteiger partial charge on any atom is -0.356 e. The molecule has 2 aromatic rings. The average molecular weight is 248 g/mol. The molecule has 0 radical (unpaired) electrons. The molecular weight excluding hydrogens is 232 g/mol. The molecule has 0 fully saturated rings. The molecule has 2 rings (SSSR count). The topological polar surface area (TPSA) is 63.8 Å². The Morgan fingerprint density at radius 1 is 1.24 bits per heavy atom. The molecule has 1 heterocycles. The SMILES string of the molecule is Cc1nsc(NCc2ccc(CCN)cc2)n1. The van der Waals surface area contributed by atoms with E-state index in [1.54, 1.807) is 0 Å². The molecule has 90 valence electrons. The monoisotopic (exact) mass is 248 g/mol. The predicted molar refractivity (Wildman–Crippen MR) is 71.2 cm³/mol. The van der Waals surface area contributed by atoms with Gasteiger partial charge in [0, 0.05) is 18.1 Å². The van der Waals surface area contributed by atoms with Crippen molar-refractivity contribution >= 4 is 16.7 Å². The molecule has 5 heteroatoms. The number of benzene rings is 1. The molecule has 0 bridgehead atoms. The Labute approximate surface area is 105 Å². The molecule has 0 saturated carbocycles. The van der Waals surface area contributed by atoms with E-state index in [0.29, 0.717) is 6.54 Å². The van der Waals surface area contributed by atoms with E-state index in [0.717, 1.165) is 23.9 Å². The summed E-state index contributed by atoms with van der Waals surface area (Å²) in [6, 6.07) is 8.47. The molecule has 0 spiro atoms. The highest BCUT2D eigenvalue weighted by atomic mass is 32.1. The molecule has 0 aliphatic carbocycles. The fraction of sp³-hybridized carbons (Fsp3) is 0.333. The van der Waals surface area contributed by atoms with Crippen LogP contribution >= 0.6 is 11.5 Å². The zero-order valence-electron chi connectivity index (χ0n) is 9.81. The number of hydrogen-bond donors (Lipinski definition) is 2. The van der Waals surface area contributed by atoms with Crippen LogP contribution < -0.4 is 11.1 Å². The van der Waals surface area contributed by atoms with Crippen LogP contribution in [0, 0.1) is 6.92 Å². The van der Waals surface area contributed by atoms with Gasteiger partial charge >= 0.3 is 0 Å². The second-order valence-electron chi connectivity index (χ2n) is 3.86. The lowest BCUT2D eigenvalue weighted by molar-refractivity contribution is 0.966. The lowest BCUT2D eigenvalue weighted by Crippen LogP contribution is -2.03. The van der Waals surface area contributed by atoms with Crippen LogP contribution in [-0.4, -0.2) is 15.9 Å². The van der Waals surface area contributed by atoms with E-state index in [2.05, 4.69) is 38.9 Å². The molecule has 0 unspecified atom stereocenters. The lowest BCUT2D eigenvalue weighted by Gasteiger charge is -2.04. The van der Waals surface area contributed by atoms with Crippen molar-refractivity contribution in [2.24, 2.45) is 5.73 Å². The number of hydrogen-bond acceptors (Lipinski definition) is 5. The van der Waals surface area contributed by atoms with Crippen LogP contribution in [0.5, 0.6) is 0 Å². The zero-order valence-corrected chi connectivity index (χ0v) is 10.6. The first-order valence-corrected chi connectivity index (χ1v) is 6.37. The molecule has 4 nitrogen and oxygen atoms in total. The maximum absolute atomic E-state index is 5.51. The Morgan fingerprint density at radius 2 is 1.94 bits per heavy atom. The van der Waals surface area contributed by atoms with Crippen LogP contribution in [0.4, 0.5) is 5.13 Å². The number of rotatable bonds is 5. The van der Waals surface area contributed by atoms with E-state index in [1.165, 1.54) is 22.7 Å². The van der Waals surface area contributed by atoms with Gasteiger partial charge in [-0.25, -0.2) is 4.98 Å². The van der Waals surface area contributed by atoms with Crippen LogP contribution in [-0.2, 0) is 13.0 Å². The molecule has 17 heavy (non-hydrogen) atoms. The van der Waals surface area contributed by atoms with Gasteiger partial charge in [-0.2, -0.15) is 4.37 Å². The normalized spacial score (nSPS) is 10.5. The van der Waals surface area contributed by atoms with Crippen molar-refractivity contribution in [2.45, 2.75) is 19.9 Å². The first kappa shape index (κ1) is 12.0. The van der Waals surface area contributed by atoms with E-state index in [4.69, 9.17) is 5.73 Å². The van der Waals surface area contributed by atoms with Crippen molar-refractivity contribution < 1.29 is 0 Å². The largest absolute Gasteiger partial charge is 0.356 e. The molecule has 0 atom stereocenters. The molecule has 0 amide bonds. The van der Waals surface area contributed by atoms with Crippen LogP contribution in [0.1, 0.15) is 17.0 Å². The fourth-order valence-electron chi connectivity index (χ4n) is 1.54. The Morgan fingerprint density at radius 3 is 2.53 bits per heavy atom. The minimum absolute atomic E-state index is 0.696. The summed E-state index contributed by atoms with van der Waals surface area (Å²) in [6.45, 7) is 3.36. The third-order valence-corrected chi connectivity index (χ3v) is 3.19. The second-order valence-corrected chi connectivity index (χ2v) is 4.61. The van der Waals surface area contributed by atoms with Gasteiger partial charge in [0.25, 0.3) is 0 Å². The quantitative estimate of drug-likeness (QED) is 0.849. The predicted octanol–water partition coefficient (Wildman–Crippen LogP) is 1.96. The van der Waals surface area contributed by atoms with Gasteiger partial charge in [-0.05, 0) is 31.0 Å². The maximum Gasteiger partial charge on any atom is 0.202 e. The van der Waals surface area contributed by atoms with Gasteiger partial charge in [0.2, 0.25) is 5.13 Å². The summed E-state index contributed by atoms with van der Waals surface area (Å²) in [4.78, 5) is 4.25. The molecule has 0 aliphatic rings. The van der Waals surface area contributed by atoms with Crippen LogP contribution in [0.15, 0.2) is 24.3 Å². The Bertz CT molecular complexity index is 464. The van der Waals surface area contributed by atoms with Crippen molar-refractivity contribution in [2.75, 3.05) is 11.9 Å². The first-order valence-electron chi connectivity index (χ1n) is 5.60. The van der Waals surface area contributed by atoms with Crippen molar-refractivity contribution in [1.29, 1.82) is 0 Å². The van der Waals surface area contributed by atoms with E-state index in [-0.39, 0.29) is 0 Å². The van der Waals surface area contributed by atoms with Crippen molar-refractivity contribution in [3.63, 3.8) is 0 Å². The maximum atomic E-state index is 5.51. The van der Waals surface area contributed by atoms with E-state index in [1.807, 2.05) is 6.92 Å². The Balaban J connectivity index is 1.90. The third-order valence-electron chi connectivity index (χ3n) is 2.43. The smallest absolute Gasteiger partial charge is 0.202 e. The zero-order chi connectivity index (χ0) is 12.1. The summed E-state index contributed by atoms with van der Waals surface area (Å²) in [5, 5.41) is 4.12. The van der Waals surface area contributed by atoms with Gasteiger partial charge in [-0.15, -0.1) is 0 Å². The molecule has 1 aromatic carbocycles. The fourth-order valence-corrected chi connectivity index (χ4v) is 2.11. The second kappa shape index (κ2) is 5.75. The van der Waals surface area contributed by atoms with E-state index >= 15 is 0 Å². The minimum atomic E-state index is 0.696. The lowest BCUT2D eigenvalue weighted by atomic mass is 10.1. The number of aromatic nitrogens is 2. The van der Waals surface area contributed by atoms with Crippen molar-refractivity contribution in [3.05, 3.63) is 41.2 Å². The first-order chi connectivity index (χ1) is 8.28. The van der Waals surface area contributed by atoms with Gasteiger partial charge in [-0.1, -0.05) is 24.3 Å². The van der Waals surface area contributed by atoms with Gasteiger partial charge in [0.1, 0.15) is 5.82 Å². The number of anilines is 1. The summed E-state index contributed by atoms with van der Waals surface area (Å²) in [6.07, 6.45) is 0.934. The van der Waals surface area contributed by atoms with Crippen LogP contribution in [0.25, 0.3) is 0 Å². The highest BCUT2D eigenvalue weighted by Crippen LogP contribution is 2.12. The van der Waals surface area contributed by atoms with Crippen LogP contribution in [0.2, 0.25) is 0 Å². The average Bonchev–Trinajstić information content (AvgIpc) is 2.75. The summed E-state index contributed by atoms with van der Waals surface area (Å²) < 4.78 is 4.12. The van der Waals surface area contributed by atoms with Crippen LogP contribution in [0.3, 0.4) is 0 Å². The highest BCUT2D eigenvalue weighted by molar-refractivity contribution is 7.09. The number of nitrogens with zero attached hydrogens (tertiary/aromatic N) is 2. The summed E-state index contributed by atoms with van der Waals surface area (Å²) >= 11 is 1.39. The Kier molecular flexibility index (Phi) is 4.06. The van der Waals surface area contributed by atoms with E-state index < -0.39 is 0 Å². The molecule has 0 aliphatic heterocycles. The summed E-state index contributed by atoms with van der Waals surface area (Å²) in [5.41, 5.74) is 8.02. The summed E-state index contributed by atoms with van der Waals surface area (Å²) in [5.74, 6) is 0.816. The highest BCUT2D eigenvalue weighted by Gasteiger charge is 1.99. The Hall–Kier alpha value is -1.46. The molecule has 1 aromatic heterocycles. The molecular formula is C12H16N4S. The standard InChI is InChI=1S/C12H16N4S/c1-9-15-12(17-16-9)14-8-11-4-2-10(3-5-11)6-7-13/h2-5H,6-8,13H2,1H3,(H,14,15,16). The van der Waals surface area contributed by atoms with Crippen molar-refractivity contribution in [3.8, 4) is 0 Å². The number of nitrogens with two attached hydrogens (primary N) is 1. The molecule has 3 N–H and O–H groups in total. The van der Waals surface area contributed by atoms with Gasteiger partial charge in [0.05, 0.1) is 0 Å². The van der Waals surface area contributed by atoms with Crippen molar-refractivity contribution in [1.82, 2.24) is 9.36 Å². The third kappa shape index (κ3) is 3.51. The van der Waals surface area contributed by atoms with Gasteiger partial charge < -0.3 is 11.1 Å². The van der Waals surface area contributed by atoms with Gasteiger partial charge in [0.15, 0.2) is 0 Å². The van der Waals surface area contributed by atoms with E-state index in [9.17, 15) is 0 Å². The molecule has 0 saturated heterocycles. The number of nitrogens with one attached hydrogen (secondary N) is 1. The van der Waals surface area contributed by atoms with Gasteiger partial charge in [-0.3, -0.25) is 0 Å². The number of aryl methyl sites for hydroxylation is 1.